The maximum Gasteiger partial charge on any atom is 0.253 e. The van der Waals surface area contributed by atoms with Crippen LogP contribution in [-0.4, -0.2) is 43.7 Å². The van der Waals surface area contributed by atoms with Crippen molar-refractivity contribution in [3.8, 4) is 0 Å². The Hall–Kier alpha value is -1.39. The Morgan fingerprint density at radius 2 is 2.05 bits per heavy atom. The Morgan fingerprint density at radius 1 is 1.35 bits per heavy atom. The van der Waals surface area contributed by atoms with Gasteiger partial charge in [0.1, 0.15) is 0 Å². The van der Waals surface area contributed by atoms with Crippen LogP contribution >= 0.6 is 0 Å². The van der Waals surface area contributed by atoms with Crippen LogP contribution in [0.1, 0.15) is 36.7 Å². The second kappa shape index (κ2) is 7.41. The van der Waals surface area contributed by atoms with E-state index in [0.29, 0.717) is 13.2 Å². The number of benzene rings is 1. The average Bonchev–Trinajstić information content (AvgIpc) is 2.41. The van der Waals surface area contributed by atoms with Gasteiger partial charge < -0.3 is 15.0 Å². The van der Waals surface area contributed by atoms with Gasteiger partial charge in [0.15, 0.2) is 0 Å². The smallest absolute Gasteiger partial charge is 0.253 e. The number of rotatable bonds is 6. The Morgan fingerprint density at radius 3 is 2.65 bits per heavy atom. The van der Waals surface area contributed by atoms with Crippen LogP contribution in [0.3, 0.4) is 0 Å². The number of carbonyl (C=O) groups excluding carboxylic acids is 1. The molecule has 1 aromatic rings. The lowest BCUT2D eigenvalue weighted by molar-refractivity contribution is 0.0744. The number of carbonyl (C=O) groups is 1. The van der Waals surface area contributed by atoms with E-state index in [2.05, 4.69) is 26.1 Å². The lowest BCUT2D eigenvalue weighted by Crippen LogP contribution is -2.35. The van der Waals surface area contributed by atoms with Crippen molar-refractivity contribution < 1.29 is 9.53 Å². The molecule has 0 radical (unpaired) electrons. The molecule has 0 aliphatic carbocycles. The zero-order chi connectivity index (χ0) is 15.2. The van der Waals surface area contributed by atoms with Crippen LogP contribution in [-0.2, 0) is 11.3 Å². The molecule has 4 heteroatoms. The maximum atomic E-state index is 12.3. The van der Waals surface area contributed by atoms with Crippen LogP contribution in [0.4, 0.5) is 0 Å². The van der Waals surface area contributed by atoms with Gasteiger partial charge in [0.25, 0.3) is 5.91 Å². The topological polar surface area (TPSA) is 41.6 Å². The summed E-state index contributed by atoms with van der Waals surface area (Å²) in [6, 6.07) is 7.76. The zero-order valence-electron chi connectivity index (χ0n) is 13.2. The quantitative estimate of drug-likeness (QED) is 0.868. The SMILES string of the molecule is COCCN(C)C(=O)c1cccc(CNC(C)(C)C)c1. The van der Waals surface area contributed by atoms with Gasteiger partial charge in [-0.05, 0) is 38.5 Å². The monoisotopic (exact) mass is 278 g/mol. The van der Waals surface area contributed by atoms with E-state index in [-0.39, 0.29) is 11.4 Å². The first-order valence-corrected chi connectivity index (χ1v) is 6.92. The van der Waals surface area contributed by atoms with Gasteiger partial charge in [0.05, 0.1) is 6.61 Å². The number of amides is 1. The molecule has 1 rings (SSSR count). The Bertz CT molecular complexity index is 438. The molecule has 0 fully saturated rings. The van der Waals surface area contributed by atoms with Crippen LogP contribution in [0.25, 0.3) is 0 Å². The van der Waals surface area contributed by atoms with E-state index in [0.717, 1.165) is 17.7 Å². The number of ether oxygens (including phenoxy) is 1. The number of hydrogen-bond donors (Lipinski definition) is 1. The molecular formula is C16H26N2O2. The summed E-state index contributed by atoms with van der Waals surface area (Å²) >= 11 is 0. The predicted octanol–water partition coefficient (Wildman–Crippen LogP) is 2.29. The molecule has 0 unspecified atom stereocenters. The molecule has 0 aliphatic heterocycles. The van der Waals surface area contributed by atoms with Crippen molar-refractivity contribution in [1.82, 2.24) is 10.2 Å². The first-order chi connectivity index (χ1) is 9.33. The number of nitrogens with zero attached hydrogens (tertiary/aromatic N) is 1. The summed E-state index contributed by atoms with van der Waals surface area (Å²) in [6.45, 7) is 8.28. The molecule has 112 valence electrons. The molecule has 1 amide bonds. The summed E-state index contributed by atoms with van der Waals surface area (Å²) in [4.78, 5) is 13.9. The van der Waals surface area contributed by atoms with Crippen molar-refractivity contribution in [3.63, 3.8) is 0 Å². The van der Waals surface area contributed by atoms with E-state index >= 15 is 0 Å². The molecule has 0 bridgehead atoms. The molecule has 1 N–H and O–H groups in total. The highest BCUT2D eigenvalue weighted by atomic mass is 16.5. The molecule has 20 heavy (non-hydrogen) atoms. The number of likely N-dealkylation sites (N-methyl/N-ethyl adjacent to an activating group) is 1. The Kier molecular flexibility index (Phi) is 6.17. The number of hydrogen-bond acceptors (Lipinski definition) is 3. The molecule has 0 spiro atoms. The highest BCUT2D eigenvalue weighted by molar-refractivity contribution is 5.94. The van der Waals surface area contributed by atoms with E-state index in [1.165, 1.54) is 0 Å². The summed E-state index contributed by atoms with van der Waals surface area (Å²) in [5, 5.41) is 3.42. The number of methoxy groups -OCH3 is 1. The van der Waals surface area contributed by atoms with E-state index in [1.54, 1.807) is 19.1 Å². The third-order valence-electron chi connectivity index (χ3n) is 2.97. The van der Waals surface area contributed by atoms with E-state index in [9.17, 15) is 4.79 Å². The minimum absolute atomic E-state index is 0.0275. The van der Waals surface area contributed by atoms with Crippen molar-refractivity contribution in [3.05, 3.63) is 35.4 Å². The van der Waals surface area contributed by atoms with Crippen LogP contribution in [0.2, 0.25) is 0 Å². The molecular weight excluding hydrogens is 252 g/mol. The highest BCUT2D eigenvalue weighted by Crippen LogP contribution is 2.09. The van der Waals surface area contributed by atoms with Crippen molar-refractivity contribution in [2.75, 3.05) is 27.3 Å². The second-order valence-corrected chi connectivity index (χ2v) is 6.02. The van der Waals surface area contributed by atoms with E-state index < -0.39 is 0 Å². The fraction of sp³-hybridized carbons (Fsp3) is 0.562. The van der Waals surface area contributed by atoms with Gasteiger partial charge >= 0.3 is 0 Å². The summed E-state index contributed by atoms with van der Waals surface area (Å²) in [5.74, 6) is 0.0275. The Labute approximate surface area is 122 Å². The first kappa shape index (κ1) is 16.7. The molecule has 4 nitrogen and oxygen atoms in total. The lowest BCUT2D eigenvalue weighted by atomic mass is 10.1. The zero-order valence-corrected chi connectivity index (χ0v) is 13.2. The van der Waals surface area contributed by atoms with Crippen molar-refractivity contribution in [2.45, 2.75) is 32.9 Å². The molecule has 1 aromatic carbocycles. The molecule has 0 aliphatic rings. The summed E-state index contributed by atoms with van der Waals surface area (Å²) in [5.41, 5.74) is 1.90. The third kappa shape index (κ3) is 5.72. The van der Waals surface area contributed by atoms with Gasteiger partial charge in [0.2, 0.25) is 0 Å². The fourth-order valence-electron chi connectivity index (χ4n) is 1.73. The Balaban J connectivity index is 2.69. The van der Waals surface area contributed by atoms with Gasteiger partial charge in [-0.1, -0.05) is 12.1 Å². The molecule has 0 heterocycles. The molecule has 0 atom stereocenters. The van der Waals surface area contributed by atoms with Gasteiger partial charge in [-0.3, -0.25) is 4.79 Å². The highest BCUT2D eigenvalue weighted by Gasteiger charge is 2.13. The fourth-order valence-corrected chi connectivity index (χ4v) is 1.73. The number of nitrogens with one attached hydrogen (secondary N) is 1. The largest absolute Gasteiger partial charge is 0.383 e. The normalized spacial score (nSPS) is 11.4. The first-order valence-electron chi connectivity index (χ1n) is 6.92. The molecule has 0 saturated carbocycles. The minimum atomic E-state index is 0.0275. The van der Waals surface area contributed by atoms with Gasteiger partial charge in [-0.15, -0.1) is 0 Å². The third-order valence-corrected chi connectivity index (χ3v) is 2.97. The average molecular weight is 278 g/mol. The summed E-state index contributed by atoms with van der Waals surface area (Å²) in [7, 11) is 3.43. The minimum Gasteiger partial charge on any atom is -0.383 e. The van der Waals surface area contributed by atoms with Gasteiger partial charge in [0, 0.05) is 38.3 Å². The predicted molar refractivity (Wildman–Crippen MR) is 81.9 cm³/mol. The maximum absolute atomic E-state index is 12.3. The van der Waals surface area contributed by atoms with Crippen LogP contribution in [0.5, 0.6) is 0 Å². The second-order valence-electron chi connectivity index (χ2n) is 6.02. The van der Waals surface area contributed by atoms with Gasteiger partial charge in [-0.25, -0.2) is 0 Å². The van der Waals surface area contributed by atoms with E-state index in [1.807, 2.05) is 24.3 Å². The molecule has 0 aromatic heterocycles. The van der Waals surface area contributed by atoms with Crippen LogP contribution in [0, 0.1) is 0 Å². The van der Waals surface area contributed by atoms with Crippen LogP contribution < -0.4 is 5.32 Å². The van der Waals surface area contributed by atoms with Crippen molar-refractivity contribution in [1.29, 1.82) is 0 Å². The van der Waals surface area contributed by atoms with Crippen molar-refractivity contribution >= 4 is 5.91 Å². The van der Waals surface area contributed by atoms with Crippen LogP contribution in [0.15, 0.2) is 24.3 Å². The summed E-state index contributed by atoms with van der Waals surface area (Å²) in [6.07, 6.45) is 0. The standard InChI is InChI=1S/C16H26N2O2/c1-16(2,3)17-12-13-7-6-8-14(11-13)15(19)18(4)9-10-20-5/h6-8,11,17H,9-10,12H2,1-5H3. The molecule has 0 saturated heterocycles. The van der Waals surface area contributed by atoms with Gasteiger partial charge in [-0.2, -0.15) is 0 Å². The van der Waals surface area contributed by atoms with Crippen molar-refractivity contribution in [2.24, 2.45) is 0 Å². The summed E-state index contributed by atoms with van der Waals surface area (Å²) < 4.78 is 4.99. The lowest BCUT2D eigenvalue weighted by Gasteiger charge is -2.21. The van der Waals surface area contributed by atoms with E-state index in [4.69, 9.17) is 4.74 Å².